The van der Waals surface area contributed by atoms with Gasteiger partial charge in [0.15, 0.2) is 0 Å². The third-order valence-electron chi connectivity index (χ3n) is 5.07. The summed E-state index contributed by atoms with van der Waals surface area (Å²) in [6.45, 7) is 7.20. The van der Waals surface area contributed by atoms with Gasteiger partial charge in [0, 0.05) is 23.6 Å². The van der Waals surface area contributed by atoms with Crippen LogP contribution in [0.5, 0.6) is 0 Å². The lowest BCUT2D eigenvalue weighted by Gasteiger charge is -2.27. The number of nitrogens with zero attached hydrogens (tertiary/aromatic N) is 1. The van der Waals surface area contributed by atoms with Crippen LogP contribution in [-0.2, 0) is 14.3 Å². The van der Waals surface area contributed by atoms with Crippen LogP contribution < -0.4 is 10.6 Å². The molecule has 0 saturated carbocycles. The third kappa shape index (κ3) is 6.45. The lowest BCUT2D eigenvalue weighted by Crippen LogP contribution is -2.29. The Hall–Kier alpha value is -3.65. The number of anilines is 2. The van der Waals surface area contributed by atoms with Crippen LogP contribution in [0.2, 0.25) is 0 Å². The molecule has 0 aliphatic rings. The molecular formula is C26H31N3O5. The van der Waals surface area contributed by atoms with E-state index in [1.54, 1.807) is 58.2 Å². The molecule has 0 radical (unpaired) electrons. The summed E-state index contributed by atoms with van der Waals surface area (Å²) < 4.78 is 10.8. The van der Waals surface area contributed by atoms with E-state index in [9.17, 15) is 14.7 Å². The van der Waals surface area contributed by atoms with E-state index in [0.717, 1.165) is 10.9 Å². The summed E-state index contributed by atoms with van der Waals surface area (Å²) in [5.74, 6) is -0.428. The fraction of sp³-hybridized carbons (Fsp3) is 0.346. The van der Waals surface area contributed by atoms with E-state index >= 15 is 0 Å². The number of hydrogen-bond acceptors (Lipinski definition) is 7. The van der Waals surface area contributed by atoms with Crippen molar-refractivity contribution in [1.82, 2.24) is 4.98 Å². The van der Waals surface area contributed by atoms with Crippen molar-refractivity contribution >= 4 is 34.3 Å². The number of carbonyl (C=O) groups excluding carboxylic acids is 2. The molecule has 0 bridgehead atoms. The van der Waals surface area contributed by atoms with Gasteiger partial charge in [-0.05, 0) is 45.9 Å². The number of aromatic nitrogens is 1. The fourth-order valence-electron chi connectivity index (χ4n) is 3.38. The number of para-hydroxylation sites is 2. The molecule has 3 aromatic rings. The van der Waals surface area contributed by atoms with Gasteiger partial charge in [0.1, 0.15) is 12.3 Å². The summed E-state index contributed by atoms with van der Waals surface area (Å²) in [6.07, 6.45) is -0.801. The van der Waals surface area contributed by atoms with E-state index in [1.807, 2.05) is 30.3 Å². The van der Waals surface area contributed by atoms with Crippen molar-refractivity contribution in [3.05, 3.63) is 66.4 Å². The summed E-state index contributed by atoms with van der Waals surface area (Å²) in [5, 5.41) is 17.6. The Balaban J connectivity index is 1.88. The lowest BCUT2D eigenvalue weighted by atomic mass is 9.96. The number of fused-ring (bicyclic) bond motifs is 1. The number of pyridine rings is 1. The molecule has 34 heavy (non-hydrogen) atoms. The van der Waals surface area contributed by atoms with Crippen LogP contribution in [0.1, 0.15) is 45.8 Å². The summed E-state index contributed by atoms with van der Waals surface area (Å²) in [7, 11) is 0. The molecule has 2 unspecified atom stereocenters. The van der Waals surface area contributed by atoms with Gasteiger partial charge in [-0.15, -0.1) is 0 Å². The topological polar surface area (TPSA) is 110 Å². The van der Waals surface area contributed by atoms with Crippen molar-refractivity contribution in [3.63, 3.8) is 0 Å². The maximum Gasteiger partial charge on any atom is 0.411 e. The minimum Gasteiger partial charge on any atom is -0.457 e. The van der Waals surface area contributed by atoms with E-state index in [-0.39, 0.29) is 13.0 Å². The Morgan fingerprint density at radius 1 is 1.03 bits per heavy atom. The quantitative estimate of drug-likeness (QED) is 0.308. The smallest absolute Gasteiger partial charge is 0.411 e. The lowest BCUT2D eigenvalue weighted by molar-refractivity contribution is -0.160. The first-order chi connectivity index (χ1) is 16.2. The molecule has 1 aromatic heterocycles. The first-order valence-corrected chi connectivity index (χ1v) is 11.2. The molecule has 0 spiro atoms. The number of aliphatic hydroxyl groups is 1. The molecular weight excluding hydrogens is 434 g/mol. The summed E-state index contributed by atoms with van der Waals surface area (Å²) >= 11 is 0. The zero-order valence-corrected chi connectivity index (χ0v) is 19.9. The molecule has 0 aliphatic heterocycles. The third-order valence-corrected chi connectivity index (χ3v) is 5.07. The predicted molar refractivity (Wildman–Crippen MR) is 131 cm³/mol. The standard InChI is InChI=1S/C26H31N3O5/c1-5-33-25(32)29-19-13-7-6-12-18(19)21(34-24(31)26(2,3)4)16-22(30)28-20-14-8-10-17-11-9-15-27-23(17)20/h6-15,21-22,28,30H,5,16H2,1-4H3,(H,29,32). The van der Waals surface area contributed by atoms with Crippen LogP contribution in [0.15, 0.2) is 60.8 Å². The van der Waals surface area contributed by atoms with Crippen LogP contribution in [0.25, 0.3) is 10.9 Å². The zero-order valence-electron chi connectivity index (χ0n) is 19.9. The molecule has 3 rings (SSSR count). The molecule has 2 aromatic carbocycles. The summed E-state index contributed by atoms with van der Waals surface area (Å²) in [6, 6.07) is 16.4. The number of rotatable bonds is 8. The van der Waals surface area contributed by atoms with Gasteiger partial charge >= 0.3 is 12.1 Å². The molecule has 0 aliphatic carbocycles. The highest BCUT2D eigenvalue weighted by molar-refractivity contribution is 5.90. The van der Waals surface area contributed by atoms with Crippen LogP contribution in [0, 0.1) is 5.41 Å². The van der Waals surface area contributed by atoms with Crippen molar-refractivity contribution in [1.29, 1.82) is 0 Å². The van der Waals surface area contributed by atoms with Gasteiger partial charge in [-0.3, -0.25) is 15.1 Å². The average Bonchev–Trinajstić information content (AvgIpc) is 2.79. The Morgan fingerprint density at radius 2 is 1.74 bits per heavy atom. The molecule has 180 valence electrons. The number of esters is 1. The highest BCUT2D eigenvalue weighted by atomic mass is 16.6. The number of nitrogens with one attached hydrogen (secondary N) is 2. The molecule has 8 heteroatoms. The van der Waals surface area contributed by atoms with Gasteiger partial charge in [-0.25, -0.2) is 4.79 Å². The molecule has 1 amide bonds. The first-order valence-electron chi connectivity index (χ1n) is 11.2. The number of benzene rings is 2. The van der Waals surface area contributed by atoms with Crippen molar-refractivity contribution in [2.75, 3.05) is 17.2 Å². The minimum atomic E-state index is -1.07. The van der Waals surface area contributed by atoms with E-state index in [1.165, 1.54) is 0 Å². The second-order valence-electron chi connectivity index (χ2n) is 8.85. The van der Waals surface area contributed by atoms with Gasteiger partial charge in [0.2, 0.25) is 0 Å². The summed E-state index contributed by atoms with van der Waals surface area (Å²) in [4.78, 5) is 29.2. The largest absolute Gasteiger partial charge is 0.457 e. The maximum atomic E-state index is 12.8. The highest BCUT2D eigenvalue weighted by Gasteiger charge is 2.30. The van der Waals surface area contributed by atoms with Crippen molar-refractivity contribution in [3.8, 4) is 0 Å². The summed E-state index contributed by atoms with van der Waals surface area (Å²) in [5.41, 5.74) is 1.61. The van der Waals surface area contributed by atoms with Gasteiger partial charge in [0.05, 0.1) is 28.9 Å². The molecule has 0 saturated heterocycles. The molecule has 0 fully saturated rings. The number of amides is 1. The Kier molecular flexibility index (Phi) is 8.07. The molecule has 1 heterocycles. The number of aliphatic hydroxyl groups excluding tert-OH is 1. The van der Waals surface area contributed by atoms with Gasteiger partial charge in [0.25, 0.3) is 0 Å². The normalized spacial score (nSPS) is 13.1. The van der Waals surface area contributed by atoms with Crippen LogP contribution >= 0.6 is 0 Å². The minimum absolute atomic E-state index is 0.0343. The Bertz CT molecular complexity index is 1140. The number of carbonyl (C=O) groups is 2. The highest BCUT2D eigenvalue weighted by Crippen LogP contribution is 2.33. The van der Waals surface area contributed by atoms with Crippen LogP contribution in [0.4, 0.5) is 16.2 Å². The average molecular weight is 466 g/mol. The van der Waals surface area contributed by atoms with E-state index < -0.39 is 29.8 Å². The maximum absolute atomic E-state index is 12.8. The zero-order chi connectivity index (χ0) is 24.7. The van der Waals surface area contributed by atoms with E-state index in [0.29, 0.717) is 16.9 Å². The molecule has 8 nitrogen and oxygen atoms in total. The Labute approximate surface area is 199 Å². The molecule has 2 atom stereocenters. The van der Waals surface area contributed by atoms with Crippen LogP contribution in [0.3, 0.4) is 0 Å². The van der Waals surface area contributed by atoms with Crippen LogP contribution in [-0.4, -0.2) is 35.0 Å². The van der Waals surface area contributed by atoms with Gasteiger partial charge < -0.3 is 19.9 Å². The second-order valence-corrected chi connectivity index (χ2v) is 8.85. The van der Waals surface area contributed by atoms with E-state index in [4.69, 9.17) is 9.47 Å². The van der Waals surface area contributed by atoms with Crippen molar-refractivity contribution < 1.29 is 24.2 Å². The van der Waals surface area contributed by atoms with E-state index in [2.05, 4.69) is 15.6 Å². The second kappa shape index (κ2) is 11.0. The van der Waals surface area contributed by atoms with Crippen molar-refractivity contribution in [2.24, 2.45) is 5.41 Å². The monoisotopic (exact) mass is 465 g/mol. The number of hydrogen-bond donors (Lipinski definition) is 3. The van der Waals surface area contributed by atoms with Gasteiger partial charge in [-0.2, -0.15) is 0 Å². The SMILES string of the molecule is CCOC(=O)Nc1ccccc1C(CC(O)Nc1cccc2cccnc12)OC(=O)C(C)(C)C. The Morgan fingerprint density at radius 3 is 2.47 bits per heavy atom. The molecule has 3 N–H and O–H groups in total. The number of ether oxygens (including phenoxy) is 2. The first kappa shape index (κ1) is 25.0. The predicted octanol–water partition coefficient (Wildman–Crippen LogP) is 5.25. The van der Waals surface area contributed by atoms with Crippen molar-refractivity contribution in [2.45, 2.75) is 46.4 Å². The fourth-order valence-corrected chi connectivity index (χ4v) is 3.38. The van der Waals surface area contributed by atoms with Gasteiger partial charge in [-0.1, -0.05) is 36.4 Å².